The van der Waals surface area contributed by atoms with Gasteiger partial charge < -0.3 is 36.0 Å². The number of unbranched alkanes of at least 4 members (excludes halogenated alkanes) is 3. The minimum absolute atomic E-state index is 0.295. The summed E-state index contributed by atoms with van der Waals surface area (Å²) < 4.78 is 7.21. The quantitative estimate of drug-likeness (QED) is 0.182. The van der Waals surface area contributed by atoms with Gasteiger partial charge in [0.1, 0.15) is 34.8 Å². The third kappa shape index (κ3) is 5.44. The van der Waals surface area contributed by atoms with Crippen molar-refractivity contribution in [3.8, 4) is 0 Å². The van der Waals surface area contributed by atoms with E-state index in [1.165, 1.54) is 6.33 Å². The number of nitrogens with one attached hydrogen (secondary N) is 4. The van der Waals surface area contributed by atoms with Gasteiger partial charge in [0.15, 0.2) is 12.5 Å². The van der Waals surface area contributed by atoms with Gasteiger partial charge in [0.05, 0.1) is 17.9 Å². The predicted octanol–water partition coefficient (Wildman–Crippen LogP) is -0.444. The summed E-state index contributed by atoms with van der Waals surface area (Å²) in [6, 6.07) is 0. The number of nitrogens with zero attached hydrogens (tertiary/aromatic N) is 2. The molecule has 12 heteroatoms. The molecule has 2 aliphatic heterocycles. The molecule has 3 unspecified atom stereocenters. The molecular formula is C18H30N6O4S2. The first-order valence-corrected chi connectivity index (χ1v) is 11.0. The van der Waals surface area contributed by atoms with E-state index in [4.69, 9.17) is 29.2 Å². The molecule has 1 saturated heterocycles. The molecular weight excluding hydrogens is 428 g/mol. The number of hydrogen-bond donors (Lipinski definition) is 7. The minimum Gasteiger partial charge on any atom is -0.394 e. The van der Waals surface area contributed by atoms with E-state index in [1.54, 1.807) is 4.57 Å². The summed E-state index contributed by atoms with van der Waals surface area (Å²) in [5.41, 5.74) is 0.544. The maximum Gasteiger partial charge on any atom is 0.165 e. The van der Waals surface area contributed by atoms with Crippen LogP contribution in [0.15, 0.2) is 6.33 Å². The maximum absolute atomic E-state index is 10.3. The summed E-state index contributed by atoms with van der Waals surface area (Å²) in [6.07, 6.45) is 1.46. The van der Waals surface area contributed by atoms with Gasteiger partial charge in [-0.1, -0.05) is 37.3 Å². The van der Waals surface area contributed by atoms with Gasteiger partial charge in [-0.05, 0) is 26.3 Å². The molecule has 3 heterocycles. The van der Waals surface area contributed by atoms with Crippen LogP contribution in [0.1, 0.15) is 44.5 Å². The van der Waals surface area contributed by atoms with E-state index in [1.807, 2.05) is 6.92 Å². The van der Waals surface area contributed by atoms with Crippen molar-refractivity contribution in [1.82, 2.24) is 25.5 Å². The predicted molar refractivity (Wildman–Crippen MR) is 120 cm³/mol. The van der Waals surface area contributed by atoms with E-state index in [2.05, 4.69) is 26.3 Å². The van der Waals surface area contributed by atoms with Crippen molar-refractivity contribution in [2.75, 3.05) is 25.0 Å². The maximum atomic E-state index is 10.3. The Kier molecular flexibility index (Phi) is 8.34. The van der Waals surface area contributed by atoms with Crippen LogP contribution in [-0.4, -0.2) is 79.1 Å². The largest absolute Gasteiger partial charge is 0.394 e. The Morgan fingerprint density at radius 3 is 2.60 bits per heavy atom. The lowest BCUT2D eigenvalue weighted by molar-refractivity contribution is -0.0519. The molecule has 10 nitrogen and oxygen atoms in total. The number of hydrogen-bond acceptors (Lipinski definition) is 9. The van der Waals surface area contributed by atoms with Gasteiger partial charge in [0.25, 0.3) is 0 Å². The third-order valence-corrected chi connectivity index (χ3v) is 5.64. The van der Waals surface area contributed by atoms with Gasteiger partial charge in [0.2, 0.25) is 0 Å². The summed E-state index contributed by atoms with van der Waals surface area (Å²) in [7, 11) is 0. The Morgan fingerprint density at radius 1 is 1.20 bits per heavy atom. The molecule has 5 atom stereocenters. The summed E-state index contributed by atoms with van der Waals surface area (Å²) in [5.74, 6) is 0.590. The van der Waals surface area contributed by atoms with Gasteiger partial charge in [-0.3, -0.25) is 9.88 Å². The first-order valence-electron chi connectivity index (χ1n) is 10.2. The minimum atomic E-state index is -1.19. The Hall–Kier alpha value is -1.41. The van der Waals surface area contributed by atoms with Crippen molar-refractivity contribution >= 4 is 40.2 Å². The molecule has 0 spiro atoms. The highest BCUT2D eigenvalue weighted by Crippen LogP contribution is 2.33. The fourth-order valence-corrected chi connectivity index (χ4v) is 3.93. The van der Waals surface area contributed by atoms with E-state index in [0.717, 1.165) is 43.8 Å². The monoisotopic (exact) mass is 458 g/mol. The lowest BCUT2D eigenvalue weighted by atomic mass is 10.1. The SMILES string of the molecule is CC(=S)NCCCCCCNC1NC(=S)c2ncn(C3O[C@H](CO)[C@H](O)C3O)c2N1. The molecule has 1 fully saturated rings. The second kappa shape index (κ2) is 10.8. The van der Waals surface area contributed by atoms with Crippen molar-refractivity contribution in [3.63, 3.8) is 0 Å². The van der Waals surface area contributed by atoms with Crippen LogP contribution < -0.4 is 21.3 Å². The summed E-state index contributed by atoms with van der Waals surface area (Å²) in [5, 5.41) is 42.6. The van der Waals surface area contributed by atoms with E-state index in [9.17, 15) is 15.3 Å². The molecule has 0 aliphatic carbocycles. The van der Waals surface area contributed by atoms with E-state index >= 15 is 0 Å². The Bertz CT molecular complexity index is 748. The molecule has 0 bridgehead atoms. The highest BCUT2D eigenvalue weighted by molar-refractivity contribution is 7.80. The smallest absolute Gasteiger partial charge is 0.165 e. The zero-order valence-electron chi connectivity index (χ0n) is 16.9. The van der Waals surface area contributed by atoms with Crippen LogP contribution in [0.25, 0.3) is 0 Å². The van der Waals surface area contributed by atoms with Crippen LogP contribution >= 0.6 is 24.4 Å². The lowest BCUT2D eigenvalue weighted by Gasteiger charge is -2.30. The van der Waals surface area contributed by atoms with Gasteiger partial charge in [-0.15, -0.1) is 0 Å². The van der Waals surface area contributed by atoms with Crippen LogP contribution in [0, 0.1) is 0 Å². The molecule has 3 rings (SSSR count). The topological polar surface area (TPSA) is 136 Å². The highest BCUT2D eigenvalue weighted by Gasteiger charge is 2.44. The van der Waals surface area contributed by atoms with Crippen molar-refractivity contribution in [1.29, 1.82) is 0 Å². The van der Waals surface area contributed by atoms with Crippen LogP contribution in [0.3, 0.4) is 0 Å². The Morgan fingerprint density at radius 2 is 1.93 bits per heavy atom. The lowest BCUT2D eigenvalue weighted by Crippen LogP contribution is -2.54. The van der Waals surface area contributed by atoms with E-state index in [-0.39, 0.29) is 12.9 Å². The number of imidazole rings is 1. The average Bonchev–Trinajstić information content (AvgIpc) is 3.25. The fourth-order valence-electron chi connectivity index (χ4n) is 3.56. The number of aromatic nitrogens is 2. The van der Waals surface area contributed by atoms with E-state index < -0.39 is 24.5 Å². The molecule has 1 aromatic rings. The summed E-state index contributed by atoms with van der Waals surface area (Å²) >= 11 is 10.4. The standard InChI is InChI=1S/C18H30N6O4S2/c1-10(29)19-6-4-2-3-5-7-20-18-22-15-12(16(30)23-18)21-9-24(15)17-14(27)13(26)11(8-25)28-17/h9,11,13-14,17-18,20,22,25-27H,2-8H2,1H3,(H,19,29)(H,23,30)/t11-,13+,14?,17?,18?/m1/s1. The summed E-state index contributed by atoms with van der Waals surface area (Å²) in [6.45, 7) is 3.21. The number of fused-ring (bicyclic) bond motifs is 1. The fraction of sp³-hybridized carbons (Fsp3) is 0.722. The van der Waals surface area contributed by atoms with Crippen molar-refractivity contribution in [3.05, 3.63) is 12.0 Å². The number of ether oxygens (including phenoxy) is 1. The molecule has 7 N–H and O–H groups in total. The van der Waals surface area contributed by atoms with Gasteiger partial charge >= 0.3 is 0 Å². The second-order valence-corrected chi connectivity index (χ2v) is 8.50. The molecule has 0 saturated carbocycles. The number of thiocarbonyl (C=S) groups is 2. The van der Waals surface area contributed by atoms with Crippen molar-refractivity contribution in [2.24, 2.45) is 0 Å². The first-order chi connectivity index (χ1) is 14.4. The Labute approximate surface area is 186 Å². The highest BCUT2D eigenvalue weighted by atomic mass is 32.1. The molecule has 2 aliphatic rings. The molecule has 0 amide bonds. The van der Waals surface area contributed by atoms with Crippen molar-refractivity contribution in [2.45, 2.75) is 63.4 Å². The third-order valence-electron chi connectivity index (χ3n) is 5.18. The molecule has 30 heavy (non-hydrogen) atoms. The average molecular weight is 459 g/mol. The van der Waals surface area contributed by atoms with E-state index in [0.29, 0.717) is 16.5 Å². The molecule has 0 aromatic carbocycles. The number of anilines is 1. The number of aliphatic hydroxyl groups excluding tert-OH is 3. The first kappa shape index (κ1) is 23.3. The van der Waals surface area contributed by atoms with Crippen molar-refractivity contribution < 1.29 is 20.1 Å². The zero-order valence-corrected chi connectivity index (χ0v) is 18.5. The number of rotatable bonds is 10. The van der Waals surface area contributed by atoms with Gasteiger partial charge in [-0.25, -0.2) is 4.98 Å². The van der Waals surface area contributed by atoms with Crippen LogP contribution in [-0.2, 0) is 4.74 Å². The molecule has 1 aromatic heterocycles. The van der Waals surface area contributed by atoms with Crippen LogP contribution in [0.4, 0.5) is 5.82 Å². The zero-order chi connectivity index (χ0) is 21.7. The molecule has 0 radical (unpaired) electrons. The van der Waals surface area contributed by atoms with Crippen LogP contribution in [0.5, 0.6) is 0 Å². The summed E-state index contributed by atoms with van der Waals surface area (Å²) in [4.78, 5) is 5.61. The second-order valence-electron chi connectivity index (χ2n) is 7.48. The normalized spacial score (nSPS) is 28.0. The molecule has 168 valence electrons. The van der Waals surface area contributed by atoms with Gasteiger partial charge in [0, 0.05) is 6.54 Å². The van der Waals surface area contributed by atoms with Gasteiger partial charge in [-0.2, -0.15) is 0 Å². The van der Waals surface area contributed by atoms with Crippen LogP contribution in [0.2, 0.25) is 0 Å². The number of aliphatic hydroxyl groups is 3. The Balaban J connectivity index is 1.50.